The van der Waals surface area contributed by atoms with Gasteiger partial charge in [-0.05, 0) is 40.8 Å². The van der Waals surface area contributed by atoms with E-state index in [9.17, 15) is 4.79 Å². The topological polar surface area (TPSA) is 69.6 Å². The van der Waals surface area contributed by atoms with Gasteiger partial charge in [-0.3, -0.25) is 4.79 Å². The molecular weight excluding hydrogens is 448 g/mol. The van der Waals surface area contributed by atoms with Crippen molar-refractivity contribution in [2.24, 2.45) is 0 Å². The number of aryl methyl sites for hydroxylation is 2. The molecule has 2 aromatic carbocycles. The highest BCUT2D eigenvalue weighted by Gasteiger charge is 2.30. The predicted molar refractivity (Wildman–Crippen MR) is 146 cm³/mol. The van der Waals surface area contributed by atoms with Gasteiger partial charge < -0.3 is 14.9 Å². The Balaban J connectivity index is 1.69. The number of aromatic nitrogens is 2. The second-order valence-corrected chi connectivity index (χ2v) is 10.2. The summed E-state index contributed by atoms with van der Waals surface area (Å²) in [5, 5.41) is 8.89. The quantitative estimate of drug-likeness (QED) is 0.368. The molecule has 0 fully saturated rings. The van der Waals surface area contributed by atoms with Crippen LogP contribution in [0.25, 0.3) is 22.5 Å². The van der Waals surface area contributed by atoms with Crippen LogP contribution in [0.1, 0.15) is 48.9 Å². The van der Waals surface area contributed by atoms with E-state index in [1.807, 2.05) is 0 Å². The monoisotopic (exact) mass is 486 g/mol. The number of carbonyl (C=O) groups is 1. The van der Waals surface area contributed by atoms with E-state index in [0.29, 0.717) is 6.04 Å². The molecule has 1 N–H and O–H groups in total. The largest absolute Gasteiger partial charge is 0.481 e. The number of anilines is 1. The molecule has 0 bridgehead atoms. The molecule has 0 amide bonds. The number of nitrogens with zero attached hydrogens (tertiary/aromatic N) is 4. The minimum absolute atomic E-state index is 0.252. The Kier molecular flexibility index (Phi) is 8.36. The van der Waals surface area contributed by atoms with Crippen LogP contribution in [-0.2, 0) is 11.2 Å². The first-order valence-electron chi connectivity index (χ1n) is 13.0. The van der Waals surface area contributed by atoms with Crippen LogP contribution in [0.15, 0.2) is 48.5 Å². The van der Waals surface area contributed by atoms with Crippen molar-refractivity contribution in [3.8, 4) is 22.5 Å². The average Bonchev–Trinajstić information content (AvgIpc) is 2.86. The Hall–Kier alpha value is -3.25. The van der Waals surface area contributed by atoms with Crippen molar-refractivity contribution in [2.75, 3.05) is 32.1 Å². The Morgan fingerprint density at radius 3 is 2.00 bits per heavy atom. The summed E-state index contributed by atoms with van der Waals surface area (Å²) in [6, 6.07) is 17.5. The summed E-state index contributed by atoms with van der Waals surface area (Å²) in [5.41, 5.74) is 7.53. The van der Waals surface area contributed by atoms with Crippen LogP contribution in [0.5, 0.6) is 0 Å². The normalized spacial score (nSPS) is 15.2. The van der Waals surface area contributed by atoms with E-state index in [-0.39, 0.29) is 6.42 Å². The van der Waals surface area contributed by atoms with Gasteiger partial charge in [0.25, 0.3) is 0 Å². The lowest BCUT2D eigenvalue weighted by molar-refractivity contribution is -0.137. The lowest BCUT2D eigenvalue weighted by Gasteiger charge is -2.38. The van der Waals surface area contributed by atoms with Crippen molar-refractivity contribution in [2.45, 2.75) is 58.4 Å². The molecule has 2 heterocycles. The second kappa shape index (κ2) is 11.7. The first kappa shape index (κ1) is 25.8. The fourth-order valence-corrected chi connectivity index (χ4v) is 4.78. The average molecular weight is 487 g/mol. The van der Waals surface area contributed by atoms with Gasteiger partial charge in [-0.2, -0.15) is 0 Å². The fourth-order valence-electron chi connectivity index (χ4n) is 4.78. The molecule has 0 radical (unpaired) electrons. The predicted octanol–water partition coefficient (Wildman–Crippen LogP) is 5.76. The third-order valence-electron chi connectivity index (χ3n) is 7.06. The van der Waals surface area contributed by atoms with Gasteiger partial charge in [-0.15, -0.1) is 0 Å². The smallest absolute Gasteiger partial charge is 0.303 e. The summed E-state index contributed by atoms with van der Waals surface area (Å²) in [6.07, 6.45) is 4.84. The van der Waals surface area contributed by atoms with Crippen molar-refractivity contribution >= 4 is 11.8 Å². The van der Waals surface area contributed by atoms with Crippen molar-refractivity contribution in [3.05, 3.63) is 65.4 Å². The summed E-state index contributed by atoms with van der Waals surface area (Å²) in [7, 11) is 4.27. The van der Waals surface area contributed by atoms with Gasteiger partial charge in [0.05, 0.1) is 17.1 Å². The van der Waals surface area contributed by atoms with Crippen molar-refractivity contribution in [1.82, 2.24) is 14.9 Å². The SMILES string of the molecule is Cc1ccc(-c2nc3c(nc2-c2ccc(C)cc2)N(CCCCCCC(=O)O)CC(N(C)C)C3)cc1. The van der Waals surface area contributed by atoms with Crippen LogP contribution < -0.4 is 4.90 Å². The molecule has 4 rings (SSSR count). The molecule has 3 aromatic rings. The summed E-state index contributed by atoms with van der Waals surface area (Å²) in [6.45, 7) is 6.02. The molecule has 1 unspecified atom stereocenters. The van der Waals surface area contributed by atoms with Crippen LogP contribution >= 0.6 is 0 Å². The number of unbranched alkanes of at least 4 members (excludes halogenated alkanes) is 3. The standard InChI is InChI=1S/C30H38N4O2/c1-21-10-14-23(15-11-21)28-29(24-16-12-22(2)13-17-24)32-30-26(31-28)19-25(33(3)4)20-34(30)18-8-6-5-7-9-27(35)36/h10-17,25H,5-9,18-20H2,1-4H3,(H,35,36). The van der Waals surface area contributed by atoms with Crippen molar-refractivity contribution < 1.29 is 9.90 Å². The zero-order chi connectivity index (χ0) is 25.7. The fraction of sp³-hybridized carbons (Fsp3) is 0.433. The minimum Gasteiger partial charge on any atom is -0.481 e. The third kappa shape index (κ3) is 6.30. The molecule has 1 atom stereocenters. The maximum Gasteiger partial charge on any atom is 0.303 e. The lowest BCUT2D eigenvalue weighted by Crippen LogP contribution is -2.46. The van der Waals surface area contributed by atoms with Crippen LogP contribution in [0, 0.1) is 13.8 Å². The molecule has 0 aliphatic carbocycles. The summed E-state index contributed by atoms with van der Waals surface area (Å²) < 4.78 is 0. The first-order chi connectivity index (χ1) is 17.3. The summed E-state index contributed by atoms with van der Waals surface area (Å²) in [5.74, 6) is 0.280. The molecule has 0 spiro atoms. The van der Waals surface area contributed by atoms with Gasteiger partial charge in [0, 0.05) is 43.1 Å². The number of fused-ring (bicyclic) bond motifs is 1. The Bertz CT molecular complexity index is 1170. The Labute approximate surface area is 215 Å². The Morgan fingerprint density at radius 2 is 1.44 bits per heavy atom. The summed E-state index contributed by atoms with van der Waals surface area (Å²) in [4.78, 5) is 26.0. The van der Waals surface area contributed by atoms with E-state index in [0.717, 1.165) is 79.2 Å². The molecule has 6 heteroatoms. The molecule has 1 aliphatic rings. The van der Waals surface area contributed by atoms with Gasteiger partial charge in [-0.1, -0.05) is 72.5 Å². The highest BCUT2D eigenvalue weighted by atomic mass is 16.4. The number of rotatable bonds is 10. The van der Waals surface area contributed by atoms with E-state index in [2.05, 4.69) is 86.3 Å². The third-order valence-corrected chi connectivity index (χ3v) is 7.06. The summed E-state index contributed by atoms with van der Waals surface area (Å²) >= 11 is 0. The zero-order valence-electron chi connectivity index (χ0n) is 22.0. The molecule has 190 valence electrons. The van der Waals surface area contributed by atoms with Crippen LogP contribution in [0.4, 0.5) is 5.82 Å². The van der Waals surface area contributed by atoms with Gasteiger partial charge in [0.15, 0.2) is 5.82 Å². The highest BCUT2D eigenvalue weighted by molar-refractivity contribution is 5.80. The van der Waals surface area contributed by atoms with Crippen LogP contribution in [-0.4, -0.2) is 59.2 Å². The number of benzene rings is 2. The molecule has 36 heavy (non-hydrogen) atoms. The minimum atomic E-state index is -0.711. The van der Waals surface area contributed by atoms with E-state index in [1.165, 1.54) is 11.1 Å². The number of aliphatic carboxylic acids is 1. The first-order valence-corrected chi connectivity index (χ1v) is 13.0. The number of carboxylic acid groups (broad SMARTS) is 1. The van der Waals surface area contributed by atoms with E-state index < -0.39 is 5.97 Å². The van der Waals surface area contributed by atoms with Crippen molar-refractivity contribution in [1.29, 1.82) is 0 Å². The number of hydrogen-bond donors (Lipinski definition) is 1. The maximum atomic E-state index is 10.8. The number of likely N-dealkylation sites (N-methyl/N-ethyl adjacent to an activating group) is 1. The lowest BCUT2D eigenvalue weighted by atomic mass is 9.99. The van der Waals surface area contributed by atoms with Crippen LogP contribution in [0.2, 0.25) is 0 Å². The number of hydrogen-bond acceptors (Lipinski definition) is 5. The molecule has 0 saturated carbocycles. The number of carboxylic acids is 1. The Morgan fingerprint density at radius 1 is 0.889 bits per heavy atom. The van der Waals surface area contributed by atoms with E-state index >= 15 is 0 Å². The molecule has 6 nitrogen and oxygen atoms in total. The van der Waals surface area contributed by atoms with E-state index in [4.69, 9.17) is 15.1 Å². The van der Waals surface area contributed by atoms with Crippen LogP contribution in [0.3, 0.4) is 0 Å². The maximum absolute atomic E-state index is 10.8. The zero-order valence-corrected chi connectivity index (χ0v) is 22.0. The second-order valence-electron chi connectivity index (χ2n) is 10.2. The van der Waals surface area contributed by atoms with Gasteiger partial charge in [-0.25, -0.2) is 9.97 Å². The van der Waals surface area contributed by atoms with E-state index in [1.54, 1.807) is 0 Å². The molecule has 0 saturated heterocycles. The van der Waals surface area contributed by atoms with Gasteiger partial charge >= 0.3 is 5.97 Å². The van der Waals surface area contributed by atoms with Gasteiger partial charge in [0.1, 0.15) is 0 Å². The van der Waals surface area contributed by atoms with Gasteiger partial charge in [0.2, 0.25) is 0 Å². The molecular formula is C30H38N4O2. The van der Waals surface area contributed by atoms with Crippen molar-refractivity contribution in [3.63, 3.8) is 0 Å². The molecule has 1 aliphatic heterocycles. The highest BCUT2D eigenvalue weighted by Crippen LogP contribution is 2.35. The molecule has 1 aromatic heterocycles.